The first-order valence-corrected chi connectivity index (χ1v) is 9.57. The van der Waals surface area contributed by atoms with Gasteiger partial charge in [-0.25, -0.2) is 0 Å². The van der Waals surface area contributed by atoms with E-state index in [0.29, 0.717) is 11.6 Å². The molecule has 9 heteroatoms. The lowest BCUT2D eigenvalue weighted by Gasteiger charge is -2.18. The first-order valence-electron chi connectivity index (χ1n) is 9.57. The van der Waals surface area contributed by atoms with Crippen LogP contribution in [0.15, 0.2) is 16.7 Å². The van der Waals surface area contributed by atoms with Crippen molar-refractivity contribution >= 4 is 17.6 Å². The smallest absolute Gasteiger partial charge is 0.249 e. The minimum absolute atomic E-state index is 0.0296. The molecule has 2 amide bonds. The number of aromatic amines is 1. The molecule has 0 bridgehead atoms. The second-order valence-electron chi connectivity index (χ2n) is 7.77. The van der Waals surface area contributed by atoms with Gasteiger partial charge in [0.2, 0.25) is 11.8 Å². The van der Waals surface area contributed by atoms with Gasteiger partial charge in [0.1, 0.15) is 11.9 Å². The van der Waals surface area contributed by atoms with Gasteiger partial charge >= 0.3 is 0 Å². The number of aliphatic hydroxyl groups is 1. The Morgan fingerprint density at radius 3 is 2.82 bits per heavy atom. The number of nitrogens with one attached hydrogen (secondary N) is 3. The Hall–Kier alpha value is -2.68. The number of anilines is 1. The molecule has 2 aromatic rings. The molecule has 0 spiro atoms. The molecule has 1 fully saturated rings. The van der Waals surface area contributed by atoms with Crippen molar-refractivity contribution < 1.29 is 19.2 Å². The van der Waals surface area contributed by atoms with Crippen LogP contribution >= 0.6 is 0 Å². The molecule has 0 aliphatic heterocycles. The van der Waals surface area contributed by atoms with Crippen LogP contribution in [-0.4, -0.2) is 44.4 Å². The highest BCUT2D eigenvalue weighted by molar-refractivity contribution is 5.91. The third-order valence-corrected chi connectivity index (χ3v) is 5.00. The lowest BCUT2D eigenvalue weighted by molar-refractivity contribution is -0.132. The zero-order valence-electron chi connectivity index (χ0n) is 16.4. The van der Waals surface area contributed by atoms with Crippen LogP contribution in [0.2, 0.25) is 0 Å². The van der Waals surface area contributed by atoms with E-state index in [1.54, 1.807) is 13.0 Å². The van der Waals surface area contributed by atoms with E-state index < -0.39 is 6.10 Å². The molecular weight excluding hydrogens is 362 g/mol. The van der Waals surface area contributed by atoms with Gasteiger partial charge in [0, 0.05) is 29.8 Å². The van der Waals surface area contributed by atoms with Crippen LogP contribution in [0.25, 0.3) is 0 Å². The SMILES string of the molecule is Cc1cc(CC(=O)Nc2cc([C@@H]3CC[C@H](NC(=O)[C@@H](O)C(C)C)C3)[nH]n2)on1. The van der Waals surface area contributed by atoms with E-state index in [4.69, 9.17) is 4.52 Å². The summed E-state index contributed by atoms with van der Waals surface area (Å²) in [6.45, 7) is 5.42. The van der Waals surface area contributed by atoms with Crippen molar-refractivity contribution in [3.63, 3.8) is 0 Å². The highest BCUT2D eigenvalue weighted by atomic mass is 16.5. The quantitative estimate of drug-likeness (QED) is 0.569. The van der Waals surface area contributed by atoms with Crippen LogP contribution < -0.4 is 10.6 Å². The molecule has 1 saturated carbocycles. The fourth-order valence-electron chi connectivity index (χ4n) is 3.44. The van der Waals surface area contributed by atoms with E-state index in [1.807, 2.05) is 19.9 Å². The lowest BCUT2D eigenvalue weighted by Crippen LogP contribution is -2.42. The topological polar surface area (TPSA) is 133 Å². The van der Waals surface area contributed by atoms with Crippen molar-refractivity contribution in [2.24, 2.45) is 5.92 Å². The molecule has 0 aromatic carbocycles. The average molecular weight is 389 g/mol. The molecule has 152 valence electrons. The average Bonchev–Trinajstić information content (AvgIpc) is 3.36. The third-order valence-electron chi connectivity index (χ3n) is 5.00. The van der Waals surface area contributed by atoms with Crippen molar-refractivity contribution in [1.82, 2.24) is 20.7 Å². The van der Waals surface area contributed by atoms with Crippen LogP contribution in [-0.2, 0) is 16.0 Å². The normalized spacial score (nSPS) is 20.3. The van der Waals surface area contributed by atoms with Gasteiger partial charge < -0.3 is 20.3 Å². The Labute approximate surface area is 163 Å². The van der Waals surface area contributed by atoms with Crippen molar-refractivity contribution in [3.8, 4) is 0 Å². The highest BCUT2D eigenvalue weighted by Crippen LogP contribution is 2.34. The first-order chi connectivity index (χ1) is 13.3. The molecule has 2 aromatic heterocycles. The number of amides is 2. The van der Waals surface area contributed by atoms with Gasteiger partial charge in [0.05, 0.1) is 12.1 Å². The Morgan fingerprint density at radius 2 is 2.14 bits per heavy atom. The van der Waals surface area contributed by atoms with Crippen LogP contribution in [0.5, 0.6) is 0 Å². The second-order valence-corrected chi connectivity index (χ2v) is 7.77. The standard InChI is InChI=1S/C19H27N5O4/c1-10(2)18(26)19(27)20-13-5-4-12(7-13)15-9-16(23-22-15)21-17(25)8-14-6-11(3)24-28-14/h6,9-10,12-13,18,26H,4-5,7-8H2,1-3H3,(H,20,27)(H2,21,22,23,25)/t12-,13+,18+/m1/s1. The van der Waals surface area contributed by atoms with E-state index in [2.05, 4.69) is 26.0 Å². The van der Waals surface area contributed by atoms with Gasteiger partial charge in [-0.2, -0.15) is 5.10 Å². The Balaban J connectivity index is 1.50. The molecule has 2 heterocycles. The lowest BCUT2D eigenvalue weighted by atomic mass is 10.0. The monoisotopic (exact) mass is 389 g/mol. The van der Waals surface area contributed by atoms with Gasteiger partial charge in [-0.1, -0.05) is 19.0 Å². The number of carbonyl (C=O) groups excluding carboxylic acids is 2. The number of hydrogen-bond donors (Lipinski definition) is 4. The van der Waals surface area contributed by atoms with Gasteiger partial charge in [0.25, 0.3) is 0 Å². The zero-order chi connectivity index (χ0) is 20.3. The second kappa shape index (κ2) is 8.55. The number of hydrogen-bond acceptors (Lipinski definition) is 6. The van der Waals surface area contributed by atoms with Crippen molar-refractivity contribution in [3.05, 3.63) is 29.3 Å². The van der Waals surface area contributed by atoms with Crippen LogP contribution in [0, 0.1) is 12.8 Å². The van der Waals surface area contributed by atoms with E-state index in [1.165, 1.54) is 0 Å². The molecular formula is C19H27N5O4. The number of nitrogens with zero attached hydrogens (tertiary/aromatic N) is 2. The summed E-state index contributed by atoms with van der Waals surface area (Å²) >= 11 is 0. The van der Waals surface area contributed by atoms with E-state index >= 15 is 0 Å². The molecule has 3 atom stereocenters. The molecule has 3 rings (SSSR count). The molecule has 0 radical (unpaired) electrons. The maximum Gasteiger partial charge on any atom is 0.249 e. The summed E-state index contributed by atoms with van der Waals surface area (Å²) in [6, 6.07) is 3.57. The highest BCUT2D eigenvalue weighted by Gasteiger charge is 2.30. The van der Waals surface area contributed by atoms with Gasteiger partial charge in [-0.15, -0.1) is 0 Å². The van der Waals surface area contributed by atoms with Crippen molar-refractivity contribution in [2.45, 2.75) is 64.5 Å². The summed E-state index contributed by atoms with van der Waals surface area (Å²) in [5.74, 6) is 0.519. The number of H-pyrrole nitrogens is 1. The summed E-state index contributed by atoms with van der Waals surface area (Å²) in [5.41, 5.74) is 1.65. The molecule has 9 nitrogen and oxygen atoms in total. The Kier molecular flexibility index (Phi) is 6.13. The third kappa shape index (κ3) is 4.98. The van der Waals surface area contributed by atoms with Gasteiger partial charge in [-0.3, -0.25) is 14.7 Å². The molecule has 1 aliphatic carbocycles. The number of aromatic nitrogens is 3. The van der Waals surface area contributed by atoms with Crippen LogP contribution in [0.3, 0.4) is 0 Å². The number of rotatable bonds is 7. The Morgan fingerprint density at radius 1 is 1.36 bits per heavy atom. The number of aliphatic hydroxyl groups excluding tert-OH is 1. The zero-order valence-corrected chi connectivity index (χ0v) is 16.4. The minimum atomic E-state index is -0.985. The summed E-state index contributed by atoms with van der Waals surface area (Å²) in [5, 5.41) is 26.4. The minimum Gasteiger partial charge on any atom is -0.383 e. The fourth-order valence-corrected chi connectivity index (χ4v) is 3.44. The van der Waals surface area contributed by atoms with E-state index in [0.717, 1.165) is 30.7 Å². The Bertz CT molecular complexity index is 828. The maximum atomic E-state index is 12.1. The van der Waals surface area contributed by atoms with Crippen LogP contribution in [0.1, 0.15) is 56.2 Å². The number of carbonyl (C=O) groups is 2. The van der Waals surface area contributed by atoms with Gasteiger partial charge in [-0.05, 0) is 32.1 Å². The number of aryl methyl sites for hydroxylation is 1. The summed E-state index contributed by atoms with van der Waals surface area (Å²) in [7, 11) is 0. The summed E-state index contributed by atoms with van der Waals surface area (Å²) in [4.78, 5) is 24.1. The van der Waals surface area contributed by atoms with Gasteiger partial charge in [0.15, 0.2) is 5.82 Å². The summed E-state index contributed by atoms with van der Waals surface area (Å²) < 4.78 is 5.04. The molecule has 1 aliphatic rings. The predicted octanol–water partition coefficient (Wildman–Crippen LogP) is 1.66. The molecule has 28 heavy (non-hydrogen) atoms. The fraction of sp³-hybridized carbons (Fsp3) is 0.579. The van der Waals surface area contributed by atoms with Crippen molar-refractivity contribution in [2.75, 3.05) is 5.32 Å². The largest absolute Gasteiger partial charge is 0.383 e. The summed E-state index contributed by atoms with van der Waals surface area (Å²) in [6.07, 6.45) is 1.62. The van der Waals surface area contributed by atoms with E-state index in [9.17, 15) is 14.7 Å². The van der Waals surface area contributed by atoms with E-state index in [-0.39, 0.29) is 36.1 Å². The maximum absolute atomic E-state index is 12.1. The molecule has 0 unspecified atom stereocenters. The van der Waals surface area contributed by atoms with Crippen molar-refractivity contribution in [1.29, 1.82) is 0 Å². The molecule has 0 saturated heterocycles. The first kappa shape index (κ1) is 20.1. The van der Waals surface area contributed by atoms with Crippen LogP contribution in [0.4, 0.5) is 5.82 Å². The molecule has 4 N–H and O–H groups in total. The predicted molar refractivity (Wildman–Crippen MR) is 102 cm³/mol.